The minimum Gasteiger partial charge on any atom is -0.315 e. The summed E-state index contributed by atoms with van der Waals surface area (Å²) in [6.45, 7) is 3.06. The number of hydrogen-bond donors (Lipinski definition) is 3. The van der Waals surface area contributed by atoms with Crippen LogP contribution in [0.2, 0.25) is 0 Å². The van der Waals surface area contributed by atoms with Gasteiger partial charge in [-0.3, -0.25) is 4.72 Å². The molecule has 3 N–H and O–H groups in total. The van der Waals surface area contributed by atoms with Gasteiger partial charge in [-0.15, -0.1) is 0 Å². The van der Waals surface area contributed by atoms with Crippen LogP contribution in [0.25, 0.3) is 0 Å². The minimum atomic E-state index is -3.86. The molecule has 1 aromatic carbocycles. The Labute approximate surface area is 142 Å². The Morgan fingerprint density at radius 3 is 2.62 bits per heavy atom. The zero-order valence-electron chi connectivity index (χ0n) is 13.4. The second kappa shape index (κ2) is 7.77. The van der Waals surface area contributed by atoms with Crippen molar-refractivity contribution in [3.63, 3.8) is 0 Å². The van der Waals surface area contributed by atoms with E-state index in [-0.39, 0.29) is 22.4 Å². The van der Waals surface area contributed by atoms with E-state index in [1.165, 1.54) is 6.07 Å². The lowest BCUT2D eigenvalue weighted by atomic mass is 10.1. The van der Waals surface area contributed by atoms with Gasteiger partial charge in [-0.2, -0.15) is 0 Å². The molecule has 0 saturated carbocycles. The first kappa shape index (κ1) is 19.1. The number of sulfonamides is 2. The van der Waals surface area contributed by atoms with Gasteiger partial charge in [0, 0.05) is 12.6 Å². The first-order valence-corrected chi connectivity index (χ1v) is 10.9. The first-order valence-electron chi connectivity index (χ1n) is 7.76. The van der Waals surface area contributed by atoms with Crippen LogP contribution in [0.15, 0.2) is 23.1 Å². The maximum atomic E-state index is 14.1. The summed E-state index contributed by atoms with van der Waals surface area (Å²) < 4.78 is 66.7. The monoisotopic (exact) mass is 379 g/mol. The average Bonchev–Trinajstić information content (AvgIpc) is 2.49. The van der Waals surface area contributed by atoms with Crippen LogP contribution in [0.1, 0.15) is 26.2 Å². The van der Waals surface area contributed by atoms with Crippen molar-refractivity contribution < 1.29 is 21.2 Å². The molecule has 7 nitrogen and oxygen atoms in total. The Bertz CT molecular complexity index is 775. The molecule has 1 atom stereocenters. The molecule has 1 aromatic rings. The van der Waals surface area contributed by atoms with Crippen LogP contribution in [-0.4, -0.2) is 41.7 Å². The predicted molar refractivity (Wildman–Crippen MR) is 90.3 cm³/mol. The van der Waals surface area contributed by atoms with Crippen molar-refractivity contribution in [1.29, 1.82) is 0 Å². The second-order valence-corrected chi connectivity index (χ2v) is 9.28. The van der Waals surface area contributed by atoms with E-state index >= 15 is 0 Å². The third-order valence-corrected chi connectivity index (χ3v) is 6.60. The molecule has 1 unspecified atom stereocenters. The van der Waals surface area contributed by atoms with Crippen molar-refractivity contribution in [3.05, 3.63) is 24.0 Å². The number of hydrogen-bond acceptors (Lipinski definition) is 5. The van der Waals surface area contributed by atoms with Crippen LogP contribution in [0.3, 0.4) is 0 Å². The second-order valence-electron chi connectivity index (χ2n) is 5.73. The fourth-order valence-electron chi connectivity index (χ4n) is 2.47. The standard InChI is InChI=1S/C14H22FN3O4S2/c1-2-8-23(19,20)18-14-6-5-12(9-13(14)15)24(21,22)17-11-4-3-7-16-10-11/h5-6,9,11,16-18H,2-4,7-8,10H2,1H3. The molecule has 1 aliphatic rings. The van der Waals surface area contributed by atoms with Crippen LogP contribution >= 0.6 is 0 Å². The van der Waals surface area contributed by atoms with E-state index in [1.807, 2.05) is 0 Å². The molecular weight excluding hydrogens is 357 g/mol. The van der Waals surface area contributed by atoms with Gasteiger partial charge in [0.25, 0.3) is 0 Å². The Hall–Kier alpha value is -1.23. The van der Waals surface area contributed by atoms with Gasteiger partial charge in [0.1, 0.15) is 5.82 Å². The lowest BCUT2D eigenvalue weighted by Gasteiger charge is -2.23. The van der Waals surface area contributed by atoms with E-state index in [4.69, 9.17) is 0 Å². The van der Waals surface area contributed by atoms with Gasteiger partial charge in [0.2, 0.25) is 20.0 Å². The van der Waals surface area contributed by atoms with Crippen LogP contribution in [-0.2, 0) is 20.0 Å². The highest BCUT2D eigenvalue weighted by Crippen LogP contribution is 2.21. The van der Waals surface area contributed by atoms with Gasteiger partial charge in [-0.05, 0) is 44.0 Å². The Morgan fingerprint density at radius 2 is 2.04 bits per heavy atom. The smallest absolute Gasteiger partial charge is 0.240 e. The average molecular weight is 379 g/mol. The molecule has 136 valence electrons. The van der Waals surface area contributed by atoms with Crippen molar-refractivity contribution in [2.75, 3.05) is 23.6 Å². The zero-order valence-corrected chi connectivity index (χ0v) is 15.0. The maximum Gasteiger partial charge on any atom is 0.240 e. The predicted octanol–water partition coefficient (Wildman–Crippen LogP) is 1.01. The van der Waals surface area contributed by atoms with Gasteiger partial charge in [-0.25, -0.2) is 25.9 Å². The van der Waals surface area contributed by atoms with Gasteiger partial charge in [0.15, 0.2) is 0 Å². The summed E-state index contributed by atoms with van der Waals surface area (Å²) in [6, 6.07) is 2.89. The van der Waals surface area contributed by atoms with Crippen LogP contribution in [0, 0.1) is 5.82 Å². The molecule has 10 heteroatoms. The van der Waals surface area contributed by atoms with E-state index in [2.05, 4.69) is 14.8 Å². The maximum absolute atomic E-state index is 14.1. The number of piperidine rings is 1. The van der Waals surface area contributed by atoms with Gasteiger partial charge in [0.05, 0.1) is 16.3 Å². The fraction of sp³-hybridized carbons (Fsp3) is 0.571. The molecule has 0 aliphatic carbocycles. The van der Waals surface area contributed by atoms with Gasteiger partial charge >= 0.3 is 0 Å². The highest BCUT2D eigenvalue weighted by atomic mass is 32.2. The number of nitrogens with one attached hydrogen (secondary N) is 3. The van der Waals surface area contributed by atoms with Crippen molar-refractivity contribution >= 4 is 25.7 Å². The molecule has 0 amide bonds. The highest BCUT2D eigenvalue weighted by molar-refractivity contribution is 7.92. The van der Waals surface area contributed by atoms with E-state index in [0.717, 1.165) is 25.1 Å². The zero-order chi connectivity index (χ0) is 17.8. The van der Waals surface area contributed by atoms with Crippen molar-refractivity contribution in [2.24, 2.45) is 0 Å². The first-order chi connectivity index (χ1) is 11.2. The van der Waals surface area contributed by atoms with E-state index < -0.39 is 25.9 Å². The number of anilines is 1. The quantitative estimate of drug-likeness (QED) is 0.656. The van der Waals surface area contributed by atoms with Crippen LogP contribution < -0.4 is 14.8 Å². The molecule has 1 aliphatic heterocycles. The Kier molecular flexibility index (Phi) is 6.18. The van der Waals surface area contributed by atoms with E-state index in [9.17, 15) is 21.2 Å². The largest absolute Gasteiger partial charge is 0.315 e. The molecule has 0 bridgehead atoms. The lowest BCUT2D eigenvalue weighted by Crippen LogP contribution is -2.45. The summed E-state index contributed by atoms with van der Waals surface area (Å²) in [6.07, 6.45) is 1.96. The van der Waals surface area contributed by atoms with Gasteiger partial charge < -0.3 is 5.32 Å². The summed E-state index contributed by atoms with van der Waals surface area (Å²) in [7, 11) is -7.50. The van der Waals surface area contributed by atoms with Gasteiger partial charge in [-0.1, -0.05) is 6.92 Å². The third-order valence-electron chi connectivity index (χ3n) is 3.61. The molecule has 1 saturated heterocycles. The number of halogens is 1. The fourth-order valence-corrected chi connectivity index (χ4v) is 4.89. The molecular formula is C14H22FN3O4S2. The highest BCUT2D eigenvalue weighted by Gasteiger charge is 2.23. The van der Waals surface area contributed by atoms with E-state index in [0.29, 0.717) is 19.4 Å². The summed E-state index contributed by atoms with van der Waals surface area (Å²) in [5.41, 5.74) is -0.262. The van der Waals surface area contributed by atoms with E-state index in [1.54, 1.807) is 6.92 Å². The summed E-state index contributed by atoms with van der Waals surface area (Å²) in [5.74, 6) is -1.07. The summed E-state index contributed by atoms with van der Waals surface area (Å²) in [4.78, 5) is -0.232. The molecule has 2 rings (SSSR count). The molecule has 0 radical (unpaired) electrons. The third kappa shape index (κ3) is 5.13. The SMILES string of the molecule is CCCS(=O)(=O)Nc1ccc(S(=O)(=O)NC2CCCNC2)cc1F. The van der Waals surface area contributed by atoms with Crippen molar-refractivity contribution in [3.8, 4) is 0 Å². The van der Waals surface area contributed by atoms with Crippen LogP contribution in [0.4, 0.5) is 10.1 Å². The topological polar surface area (TPSA) is 104 Å². The van der Waals surface area contributed by atoms with Crippen molar-refractivity contribution in [2.45, 2.75) is 37.1 Å². The molecule has 1 heterocycles. The minimum absolute atomic E-state index is 0.136. The Balaban J connectivity index is 2.15. The summed E-state index contributed by atoms with van der Waals surface area (Å²) in [5, 5.41) is 3.09. The van der Waals surface area contributed by atoms with Crippen LogP contribution in [0.5, 0.6) is 0 Å². The van der Waals surface area contributed by atoms with Crippen molar-refractivity contribution in [1.82, 2.24) is 10.0 Å². The normalized spacial score (nSPS) is 19.2. The summed E-state index contributed by atoms with van der Waals surface area (Å²) >= 11 is 0. The lowest BCUT2D eigenvalue weighted by molar-refractivity contribution is 0.428. The number of benzene rings is 1. The number of rotatable bonds is 7. The molecule has 0 spiro atoms. The Morgan fingerprint density at radius 1 is 1.29 bits per heavy atom. The molecule has 1 fully saturated rings. The molecule has 0 aromatic heterocycles. The molecule has 24 heavy (non-hydrogen) atoms.